The van der Waals surface area contributed by atoms with E-state index in [0.717, 1.165) is 12.8 Å². The zero-order chi connectivity index (χ0) is 9.97. The Hall–Kier alpha value is -1.28. The first-order chi connectivity index (χ1) is 6.79. The van der Waals surface area contributed by atoms with Crippen LogP contribution in [0.1, 0.15) is 17.7 Å². The van der Waals surface area contributed by atoms with E-state index in [4.69, 9.17) is 5.11 Å². The van der Waals surface area contributed by atoms with Crippen LogP contribution in [-0.2, 0) is 6.42 Å². The molecule has 2 aromatic rings. The van der Waals surface area contributed by atoms with Crippen LogP contribution in [0.25, 0.3) is 10.9 Å². The van der Waals surface area contributed by atoms with Crippen molar-refractivity contribution in [1.82, 2.24) is 4.98 Å². The van der Waals surface area contributed by atoms with Gasteiger partial charge < -0.3 is 10.1 Å². The molecule has 1 heterocycles. The van der Waals surface area contributed by atoms with Crippen molar-refractivity contribution in [3.05, 3.63) is 35.5 Å². The zero-order valence-corrected chi connectivity index (χ0v) is 8.38. The minimum Gasteiger partial charge on any atom is -0.396 e. The van der Waals surface area contributed by atoms with Crippen LogP contribution in [0.3, 0.4) is 0 Å². The van der Waals surface area contributed by atoms with Crippen molar-refractivity contribution in [3.8, 4) is 0 Å². The lowest BCUT2D eigenvalue weighted by molar-refractivity contribution is 0.288. The third-order valence-corrected chi connectivity index (χ3v) is 2.44. The summed E-state index contributed by atoms with van der Waals surface area (Å²) in [6, 6.07) is 8.55. The number of aromatic nitrogens is 1. The van der Waals surface area contributed by atoms with Crippen molar-refractivity contribution in [2.45, 2.75) is 19.8 Å². The van der Waals surface area contributed by atoms with Gasteiger partial charge in [0.2, 0.25) is 0 Å². The third kappa shape index (κ3) is 1.80. The smallest absolute Gasteiger partial charge is 0.0456 e. The number of fused-ring (bicyclic) bond motifs is 1. The molecule has 14 heavy (non-hydrogen) atoms. The summed E-state index contributed by atoms with van der Waals surface area (Å²) in [7, 11) is 0. The Morgan fingerprint density at radius 1 is 1.29 bits per heavy atom. The molecule has 2 N–H and O–H groups in total. The fourth-order valence-corrected chi connectivity index (χ4v) is 1.72. The van der Waals surface area contributed by atoms with Crippen molar-refractivity contribution in [3.63, 3.8) is 0 Å². The van der Waals surface area contributed by atoms with Gasteiger partial charge in [0.1, 0.15) is 0 Å². The number of rotatable bonds is 3. The van der Waals surface area contributed by atoms with Crippen LogP contribution >= 0.6 is 0 Å². The molecule has 0 atom stereocenters. The lowest BCUT2D eigenvalue weighted by Gasteiger charge is -1.92. The molecule has 2 rings (SSSR count). The second-order valence-electron chi connectivity index (χ2n) is 3.71. The first-order valence-corrected chi connectivity index (χ1v) is 4.99. The van der Waals surface area contributed by atoms with Crippen LogP contribution in [0.2, 0.25) is 0 Å². The molecule has 2 nitrogen and oxygen atoms in total. The van der Waals surface area contributed by atoms with E-state index >= 15 is 0 Å². The van der Waals surface area contributed by atoms with Gasteiger partial charge in [0.25, 0.3) is 0 Å². The summed E-state index contributed by atoms with van der Waals surface area (Å²) in [6.07, 6.45) is 1.75. The molecule has 0 bridgehead atoms. The molecule has 0 aliphatic heterocycles. The maximum atomic E-state index is 8.73. The van der Waals surface area contributed by atoms with Crippen LogP contribution in [-0.4, -0.2) is 16.7 Å². The van der Waals surface area contributed by atoms with Crippen LogP contribution < -0.4 is 0 Å². The van der Waals surface area contributed by atoms with Gasteiger partial charge in [-0.25, -0.2) is 0 Å². The van der Waals surface area contributed by atoms with E-state index in [1.807, 2.05) is 0 Å². The average Bonchev–Trinajstić information content (AvgIpc) is 2.56. The SMILES string of the molecule is Cc1ccc2[nH]c(CCCO)cc2c1. The van der Waals surface area contributed by atoms with Crippen molar-refractivity contribution >= 4 is 10.9 Å². The van der Waals surface area contributed by atoms with E-state index in [9.17, 15) is 0 Å². The molecule has 0 saturated heterocycles. The summed E-state index contributed by atoms with van der Waals surface area (Å²) in [5.41, 5.74) is 3.67. The van der Waals surface area contributed by atoms with E-state index < -0.39 is 0 Å². The lowest BCUT2D eigenvalue weighted by atomic mass is 10.2. The molecule has 1 aromatic carbocycles. The summed E-state index contributed by atoms with van der Waals surface area (Å²) in [5, 5.41) is 9.99. The normalized spacial score (nSPS) is 11.0. The highest BCUT2D eigenvalue weighted by molar-refractivity contribution is 5.81. The average molecular weight is 189 g/mol. The number of hydrogen-bond acceptors (Lipinski definition) is 1. The van der Waals surface area contributed by atoms with Crippen LogP contribution in [0.15, 0.2) is 24.3 Å². The summed E-state index contributed by atoms with van der Waals surface area (Å²) in [4.78, 5) is 3.35. The minimum atomic E-state index is 0.258. The Balaban J connectivity index is 2.32. The van der Waals surface area contributed by atoms with E-state index in [-0.39, 0.29) is 6.61 Å². The topological polar surface area (TPSA) is 36.0 Å². The number of aliphatic hydroxyl groups excluding tert-OH is 1. The Bertz CT molecular complexity index is 431. The van der Waals surface area contributed by atoms with Crippen LogP contribution in [0, 0.1) is 6.92 Å². The Morgan fingerprint density at radius 2 is 2.14 bits per heavy atom. The van der Waals surface area contributed by atoms with Crippen LogP contribution in [0.5, 0.6) is 0 Å². The monoisotopic (exact) mass is 189 g/mol. The predicted octanol–water partition coefficient (Wildman–Crippen LogP) is 2.40. The highest BCUT2D eigenvalue weighted by atomic mass is 16.2. The third-order valence-electron chi connectivity index (χ3n) is 2.44. The van der Waals surface area contributed by atoms with Gasteiger partial charge in [-0.3, -0.25) is 0 Å². The fraction of sp³-hybridized carbons (Fsp3) is 0.333. The zero-order valence-electron chi connectivity index (χ0n) is 8.38. The minimum absolute atomic E-state index is 0.258. The second-order valence-corrected chi connectivity index (χ2v) is 3.71. The van der Waals surface area contributed by atoms with Gasteiger partial charge in [-0.1, -0.05) is 11.6 Å². The highest BCUT2D eigenvalue weighted by Gasteiger charge is 1.99. The summed E-state index contributed by atoms with van der Waals surface area (Å²) < 4.78 is 0. The number of aryl methyl sites for hydroxylation is 2. The first-order valence-electron chi connectivity index (χ1n) is 4.99. The number of hydrogen-bond donors (Lipinski definition) is 2. The fourth-order valence-electron chi connectivity index (χ4n) is 1.72. The number of aliphatic hydroxyl groups is 1. The molecule has 0 fully saturated rings. The van der Waals surface area contributed by atoms with Crippen molar-refractivity contribution in [2.24, 2.45) is 0 Å². The van der Waals surface area contributed by atoms with Gasteiger partial charge in [-0.2, -0.15) is 0 Å². The summed E-state index contributed by atoms with van der Waals surface area (Å²) >= 11 is 0. The Labute approximate surface area is 83.6 Å². The van der Waals surface area contributed by atoms with Crippen molar-refractivity contribution in [1.29, 1.82) is 0 Å². The van der Waals surface area contributed by atoms with Crippen LogP contribution in [0.4, 0.5) is 0 Å². The predicted molar refractivity (Wildman–Crippen MR) is 58.4 cm³/mol. The summed E-state index contributed by atoms with van der Waals surface area (Å²) in [5.74, 6) is 0. The molecule has 0 spiro atoms. The number of benzene rings is 1. The molecule has 0 aliphatic rings. The summed E-state index contributed by atoms with van der Waals surface area (Å²) in [6.45, 7) is 2.36. The second kappa shape index (κ2) is 3.84. The van der Waals surface area contributed by atoms with Gasteiger partial charge >= 0.3 is 0 Å². The maximum absolute atomic E-state index is 8.73. The molecule has 0 aliphatic carbocycles. The molecule has 2 heteroatoms. The molecular weight excluding hydrogens is 174 g/mol. The van der Waals surface area contributed by atoms with Crippen molar-refractivity contribution < 1.29 is 5.11 Å². The highest BCUT2D eigenvalue weighted by Crippen LogP contribution is 2.17. The number of nitrogens with one attached hydrogen (secondary N) is 1. The quantitative estimate of drug-likeness (QED) is 0.764. The van der Waals surface area contributed by atoms with Gasteiger partial charge in [0.05, 0.1) is 0 Å². The maximum Gasteiger partial charge on any atom is 0.0456 e. The largest absolute Gasteiger partial charge is 0.396 e. The van der Waals surface area contributed by atoms with E-state index in [2.05, 4.69) is 36.2 Å². The van der Waals surface area contributed by atoms with Gasteiger partial charge in [-0.05, 0) is 43.4 Å². The molecule has 1 aromatic heterocycles. The van der Waals surface area contributed by atoms with E-state index in [0.29, 0.717) is 0 Å². The standard InChI is InChI=1S/C12H15NO/c1-9-4-5-12-10(7-9)8-11(13-12)3-2-6-14/h4-5,7-8,13-14H,2-3,6H2,1H3. The van der Waals surface area contributed by atoms with Gasteiger partial charge in [0, 0.05) is 17.8 Å². The van der Waals surface area contributed by atoms with E-state index in [1.54, 1.807) is 0 Å². The first kappa shape index (κ1) is 9.28. The molecule has 0 radical (unpaired) electrons. The number of H-pyrrole nitrogens is 1. The van der Waals surface area contributed by atoms with Crippen molar-refractivity contribution in [2.75, 3.05) is 6.61 Å². The molecular formula is C12H15NO. The van der Waals surface area contributed by atoms with E-state index in [1.165, 1.54) is 22.2 Å². The molecule has 0 unspecified atom stereocenters. The van der Waals surface area contributed by atoms with Gasteiger partial charge in [-0.15, -0.1) is 0 Å². The lowest BCUT2D eigenvalue weighted by Crippen LogP contribution is -1.88. The Morgan fingerprint density at radius 3 is 2.93 bits per heavy atom. The molecule has 74 valence electrons. The number of aromatic amines is 1. The molecule has 0 amide bonds. The Kier molecular flexibility index (Phi) is 2.55. The van der Waals surface area contributed by atoms with Gasteiger partial charge in [0.15, 0.2) is 0 Å². The molecule has 0 saturated carbocycles.